The molecule has 7 heteroatoms. The Hall–Kier alpha value is -2.77. The molecule has 28 heavy (non-hydrogen) atoms. The van der Waals surface area contributed by atoms with Crippen LogP contribution in [0.25, 0.3) is 10.4 Å². The average Bonchev–Trinajstić information content (AvgIpc) is 3.21. The van der Waals surface area contributed by atoms with Gasteiger partial charge >= 0.3 is 0 Å². The van der Waals surface area contributed by atoms with Crippen molar-refractivity contribution in [1.29, 1.82) is 0 Å². The van der Waals surface area contributed by atoms with Crippen LogP contribution < -0.4 is 24.3 Å². The first kappa shape index (κ1) is 20.0. The maximum absolute atomic E-state index is 5.49. The molecule has 1 aromatic heterocycles. The second kappa shape index (κ2) is 9.43. The van der Waals surface area contributed by atoms with Crippen LogP contribution >= 0.6 is 11.3 Å². The van der Waals surface area contributed by atoms with Gasteiger partial charge in [-0.2, -0.15) is 0 Å². The first-order chi connectivity index (χ1) is 13.7. The molecule has 0 amide bonds. The van der Waals surface area contributed by atoms with Gasteiger partial charge in [-0.1, -0.05) is 6.07 Å². The summed E-state index contributed by atoms with van der Waals surface area (Å²) in [5.41, 5.74) is 2.12. The molecule has 0 radical (unpaired) electrons. The number of ether oxygens (including phenoxy) is 4. The van der Waals surface area contributed by atoms with Gasteiger partial charge in [0.1, 0.15) is 16.5 Å². The molecule has 0 fully saturated rings. The van der Waals surface area contributed by atoms with E-state index in [-0.39, 0.29) is 0 Å². The van der Waals surface area contributed by atoms with Crippen molar-refractivity contribution in [3.05, 3.63) is 53.2 Å². The molecule has 0 aliphatic carbocycles. The number of thiazole rings is 1. The Balaban J connectivity index is 1.64. The van der Waals surface area contributed by atoms with Gasteiger partial charge in [-0.15, -0.1) is 11.3 Å². The lowest BCUT2D eigenvalue weighted by atomic mass is 10.1. The Morgan fingerprint density at radius 3 is 2.32 bits per heavy atom. The van der Waals surface area contributed by atoms with Crippen LogP contribution in [0.1, 0.15) is 10.6 Å². The van der Waals surface area contributed by atoms with Crippen LogP contribution in [0.15, 0.2) is 42.6 Å². The van der Waals surface area contributed by atoms with Crippen LogP contribution in [0, 0.1) is 0 Å². The highest BCUT2D eigenvalue weighted by Crippen LogP contribution is 2.36. The zero-order valence-corrected chi connectivity index (χ0v) is 17.3. The topological polar surface area (TPSA) is 61.8 Å². The lowest BCUT2D eigenvalue weighted by molar-refractivity contribution is 0.354. The van der Waals surface area contributed by atoms with Gasteiger partial charge in [0.2, 0.25) is 0 Å². The van der Waals surface area contributed by atoms with E-state index in [1.807, 2.05) is 42.6 Å². The fraction of sp³-hybridized carbons (Fsp3) is 0.286. The standard InChI is InChI=1S/C21H24N2O4S/c1-24-15-6-7-16(18(10-15)26-3)20-12-23-21(28-20)13-22-11-14-5-8-17(25-2)19(9-14)27-4/h5-10,12,22H,11,13H2,1-4H3. The molecule has 0 saturated carbocycles. The van der Waals surface area contributed by atoms with E-state index in [1.54, 1.807) is 39.8 Å². The molecule has 148 valence electrons. The van der Waals surface area contributed by atoms with E-state index < -0.39 is 0 Å². The minimum atomic E-state index is 0.678. The van der Waals surface area contributed by atoms with Gasteiger partial charge in [0, 0.05) is 30.9 Å². The predicted octanol–water partition coefficient (Wildman–Crippen LogP) is 4.13. The molecule has 0 aliphatic heterocycles. The molecular formula is C21H24N2O4S. The quantitative estimate of drug-likeness (QED) is 0.583. The van der Waals surface area contributed by atoms with Gasteiger partial charge in [0.05, 0.1) is 33.3 Å². The molecule has 0 unspecified atom stereocenters. The van der Waals surface area contributed by atoms with Crippen molar-refractivity contribution in [3.8, 4) is 33.4 Å². The number of rotatable bonds is 9. The van der Waals surface area contributed by atoms with Crippen LogP contribution in [0.4, 0.5) is 0 Å². The largest absolute Gasteiger partial charge is 0.497 e. The van der Waals surface area contributed by atoms with Crippen molar-refractivity contribution in [2.45, 2.75) is 13.1 Å². The first-order valence-corrected chi connectivity index (χ1v) is 9.58. The van der Waals surface area contributed by atoms with Crippen LogP contribution in [-0.4, -0.2) is 33.4 Å². The van der Waals surface area contributed by atoms with E-state index in [2.05, 4.69) is 10.3 Å². The molecule has 0 spiro atoms. The summed E-state index contributed by atoms with van der Waals surface area (Å²) in [5.74, 6) is 2.99. The Labute approximate surface area is 169 Å². The minimum absolute atomic E-state index is 0.678. The van der Waals surface area contributed by atoms with Crippen LogP contribution in [0.3, 0.4) is 0 Å². The molecule has 2 aromatic carbocycles. The zero-order chi connectivity index (χ0) is 19.9. The molecule has 6 nitrogen and oxygen atoms in total. The second-order valence-electron chi connectivity index (χ2n) is 5.98. The third kappa shape index (κ3) is 4.55. The van der Waals surface area contributed by atoms with E-state index >= 15 is 0 Å². The minimum Gasteiger partial charge on any atom is -0.497 e. The van der Waals surface area contributed by atoms with Gasteiger partial charge in [-0.25, -0.2) is 4.98 Å². The van der Waals surface area contributed by atoms with Gasteiger partial charge in [-0.05, 0) is 29.8 Å². The average molecular weight is 401 g/mol. The summed E-state index contributed by atoms with van der Waals surface area (Å²) in [6.07, 6.45) is 1.88. The highest BCUT2D eigenvalue weighted by atomic mass is 32.1. The second-order valence-corrected chi connectivity index (χ2v) is 7.09. The lowest BCUT2D eigenvalue weighted by Crippen LogP contribution is -2.12. The number of aromatic nitrogens is 1. The highest BCUT2D eigenvalue weighted by molar-refractivity contribution is 7.15. The van der Waals surface area contributed by atoms with Gasteiger partial charge in [0.15, 0.2) is 11.5 Å². The molecule has 1 heterocycles. The molecule has 3 aromatic rings. The van der Waals surface area contributed by atoms with Crippen molar-refractivity contribution in [1.82, 2.24) is 10.3 Å². The first-order valence-electron chi connectivity index (χ1n) is 8.77. The normalized spacial score (nSPS) is 10.6. The Kier molecular flexibility index (Phi) is 6.73. The molecule has 0 atom stereocenters. The summed E-state index contributed by atoms with van der Waals surface area (Å²) in [6, 6.07) is 11.7. The Morgan fingerprint density at radius 2 is 1.61 bits per heavy atom. The van der Waals surface area contributed by atoms with Crippen molar-refractivity contribution >= 4 is 11.3 Å². The smallest absolute Gasteiger partial charge is 0.161 e. The molecule has 0 bridgehead atoms. The third-order valence-corrected chi connectivity index (χ3v) is 5.31. The number of nitrogens with zero attached hydrogens (tertiary/aromatic N) is 1. The Morgan fingerprint density at radius 1 is 0.821 bits per heavy atom. The SMILES string of the molecule is COc1ccc(-c2cnc(CNCc3ccc(OC)c(OC)c3)s2)c(OC)c1. The molecule has 0 saturated heterocycles. The maximum atomic E-state index is 5.49. The molecule has 0 aliphatic rings. The summed E-state index contributed by atoms with van der Waals surface area (Å²) in [6.45, 7) is 1.39. The molecule has 1 N–H and O–H groups in total. The van der Waals surface area contributed by atoms with Crippen molar-refractivity contribution in [3.63, 3.8) is 0 Å². The molecular weight excluding hydrogens is 376 g/mol. The predicted molar refractivity (Wildman–Crippen MR) is 111 cm³/mol. The number of hydrogen-bond donors (Lipinski definition) is 1. The van der Waals surface area contributed by atoms with Gasteiger partial charge < -0.3 is 24.3 Å². The number of benzene rings is 2. The van der Waals surface area contributed by atoms with Gasteiger partial charge in [-0.3, -0.25) is 0 Å². The fourth-order valence-corrected chi connectivity index (χ4v) is 3.74. The summed E-state index contributed by atoms with van der Waals surface area (Å²) in [5, 5.41) is 4.43. The Bertz CT molecular complexity index is 927. The number of hydrogen-bond acceptors (Lipinski definition) is 7. The monoisotopic (exact) mass is 400 g/mol. The van der Waals surface area contributed by atoms with E-state index in [0.29, 0.717) is 13.1 Å². The summed E-state index contributed by atoms with van der Waals surface area (Å²) in [7, 11) is 6.57. The molecule has 3 rings (SSSR count). The van der Waals surface area contributed by atoms with Crippen molar-refractivity contribution in [2.75, 3.05) is 28.4 Å². The number of nitrogens with one attached hydrogen (secondary N) is 1. The van der Waals surface area contributed by atoms with Crippen LogP contribution in [0.5, 0.6) is 23.0 Å². The third-order valence-electron chi connectivity index (χ3n) is 4.28. The van der Waals surface area contributed by atoms with E-state index in [4.69, 9.17) is 18.9 Å². The van der Waals surface area contributed by atoms with Crippen molar-refractivity contribution < 1.29 is 18.9 Å². The van der Waals surface area contributed by atoms with Crippen molar-refractivity contribution in [2.24, 2.45) is 0 Å². The maximum Gasteiger partial charge on any atom is 0.161 e. The highest BCUT2D eigenvalue weighted by Gasteiger charge is 2.11. The van der Waals surface area contributed by atoms with E-state index in [9.17, 15) is 0 Å². The summed E-state index contributed by atoms with van der Waals surface area (Å²) in [4.78, 5) is 5.59. The fourth-order valence-electron chi connectivity index (χ4n) is 2.82. The number of methoxy groups -OCH3 is 4. The van der Waals surface area contributed by atoms with E-state index in [1.165, 1.54) is 0 Å². The lowest BCUT2D eigenvalue weighted by Gasteiger charge is -2.10. The van der Waals surface area contributed by atoms with Crippen LogP contribution in [-0.2, 0) is 13.1 Å². The zero-order valence-electron chi connectivity index (χ0n) is 16.4. The summed E-state index contributed by atoms with van der Waals surface area (Å²) >= 11 is 1.64. The van der Waals surface area contributed by atoms with Gasteiger partial charge in [0.25, 0.3) is 0 Å². The van der Waals surface area contributed by atoms with Crippen LogP contribution in [0.2, 0.25) is 0 Å². The van der Waals surface area contributed by atoms with E-state index in [0.717, 1.165) is 44.0 Å². The summed E-state index contributed by atoms with van der Waals surface area (Å²) < 4.78 is 21.4.